The summed E-state index contributed by atoms with van der Waals surface area (Å²) < 4.78 is 22.2. The van der Waals surface area contributed by atoms with E-state index in [1.807, 2.05) is 19.1 Å². The molecule has 1 N–H and O–H groups in total. The zero-order valence-electron chi connectivity index (χ0n) is 17.0. The van der Waals surface area contributed by atoms with E-state index in [2.05, 4.69) is 5.32 Å². The Morgan fingerprint density at radius 3 is 2.37 bits per heavy atom. The minimum Gasteiger partial charge on any atom is -0.494 e. The maximum atomic E-state index is 13.1. The molecule has 4 rings (SSSR count). The summed E-state index contributed by atoms with van der Waals surface area (Å²) in [5, 5.41) is 2.79. The van der Waals surface area contributed by atoms with Gasteiger partial charge >= 0.3 is 6.03 Å². The Balaban J connectivity index is 1.41. The zero-order chi connectivity index (χ0) is 21.1. The van der Waals surface area contributed by atoms with E-state index in [1.165, 1.54) is 4.90 Å². The number of ether oxygens (including phenoxy) is 4. The van der Waals surface area contributed by atoms with Crippen molar-refractivity contribution < 1.29 is 28.5 Å². The molecule has 2 aliphatic heterocycles. The Kier molecular flexibility index (Phi) is 5.39. The Morgan fingerprint density at radius 1 is 1.00 bits per heavy atom. The lowest BCUT2D eigenvalue weighted by molar-refractivity contribution is -0.131. The second-order valence-electron chi connectivity index (χ2n) is 7.12. The van der Waals surface area contributed by atoms with Crippen LogP contribution >= 0.6 is 0 Å². The molecule has 2 aromatic carbocycles. The molecule has 0 aromatic heterocycles. The van der Waals surface area contributed by atoms with Crippen LogP contribution in [0, 0.1) is 0 Å². The highest BCUT2D eigenvalue weighted by molar-refractivity contribution is 6.07. The normalized spacial score (nSPS) is 20.1. The summed E-state index contributed by atoms with van der Waals surface area (Å²) in [4.78, 5) is 26.7. The summed E-state index contributed by atoms with van der Waals surface area (Å²) >= 11 is 0. The van der Waals surface area contributed by atoms with Crippen LogP contribution in [0.15, 0.2) is 42.5 Å². The van der Waals surface area contributed by atoms with Crippen molar-refractivity contribution in [1.82, 2.24) is 10.2 Å². The van der Waals surface area contributed by atoms with Crippen LogP contribution in [-0.4, -0.2) is 49.8 Å². The fourth-order valence-corrected chi connectivity index (χ4v) is 3.50. The van der Waals surface area contributed by atoms with Crippen molar-refractivity contribution in [2.75, 3.05) is 33.0 Å². The van der Waals surface area contributed by atoms with Crippen molar-refractivity contribution in [2.24, 2.45) is 0 Å². The third-order valence-corrected chi connectivity index (χ3v) is 5.11. The number of rotatable bonds is 7. The molecule has 1 saturated heterocycles. The quantitative estimate of drug-likeness (QED) is 0.704. The van der Waals surface area contributed by atoms with E-state index in [0.29, 0.717) is 42.6 Å². The number of benzene rings is 2. The van der Waals surface area contributed by atoms with Gasteiger partial charge in [-0.1, -0.05) is 6.07 Å². The smallest absolute Gasteiger partial charge is 0.325 e. The molecule has 1 fully saturated rings. The van der Waals surface area contributed by atoms with Gasteiger partial charge in [0.2, 0.25) is 0 Å². The molecule has 8 nitrogen and oxygen atoms in total. The van der Waals surface area contributed by atoms with Crippen LogP contribution in [0.1, 0.15) is 19.4 Å². The molecule has 2 aromatic rings. The van der Waals surface area contributed by atoms with Crippen LogP contribution in [0.3, 0.4) is 0 Å². The molecule has 0 spiro atoms. The average molecular weight is 412 g/mol. The number of hydrogen-bond donors (Lipinski definition) is 1. The van der Waals surface area contributed by atoms with Gasteiger partial charge in [0.05, 0.1) is 13.2 Å². The molecule has 0 aliphatic carbocycles. The van der Waals surface area contributed by atoms with Gasteiger partial charge in [-0.2, -0.15) is 0 Å². The number of fused-ring (bicyclic) bond motifs is 1. The third kappa shape index (κ3) is 3.72. The molecule has 2 aliphatic rings. The van der Waals surface area contributed by atoms with Gasteiger partial charge in [-0.3, -0.25) is 9.69 Å². The van der Waals surface area contributed by atoms with E-state index >= 15 is 0 Å². The van der Waals surface area contributed by atoms with Crippen LogP contribution in [-0.2, 0) is 10.3 Å². The van der Waals surface area contributed by atoms with E-state index in [9.17, 15) is 9.59 Å². The fraction of sp³-hybridized carbons (Fsp3) is 0.364. The standard InChI is InChI=1S/C22H24N2O6/c1-3-27-16-5-7-17(8-6-16)28-11-10-24-20(25)22(2,23-21(24)26)15-4-9-18-19(14-15)30-13-12-29-18/h4-9,14H,3,10-13H2,1-2H3,(H,23,26)/t22-/m0/s1. The van der Waals surface area contributed by atoms with Crippen LogP contribution in [0.4, 0.5) is 4.79 Å². The van der Waals surface area contributed by atoms with E-state index in [4.69, 9.17) is 18.9 Å². The molecule has 8 heteroatoms. The minimum atomic E-state index is -1.17. The first-order valence-corrected chi connectivity index (χ1v) is 9.91. The number of carbonyl (C=O) groups excluding carboxylic acids is 2. The maximum absolute atomic E-state index is 13.1. The first-order valence-electron chi connectivity index (χ1n) is 9.91. The molecule has 0 radical (unpaired) electrons. The molecule has 158 valence electrons. The largest absolute Gasteiger partial charge is 0.494 e. The summed E-state index contributed by atoms with van der Waals surface area (Å²) in [7, 11) is 0. The highest BCUT2D eigenvalue weighted by Crippen LogP contribution is 2.36. The maximum Gasteiger partial charge on any atom is 0.325 e. The number of carbonyl (C=O) groups is 2. The van der Waals surface area contributed by atoms with Gasteiger partial charge in [-0.05, 0) is 55.8 Å². The van der Waals surface area contributed by atoms with E-state index in [0.717, 1.165) is 5.75 Å². The lowest BCUT2D eigenvalue weighted by Crippen LogP contribution is -2.41. The number of hydrogen-bond acceptors (Lipinski definition) is 6. The van der Waals surface area contributed by atoms with Gasteiger partial charge in [0.1, 0.15) is 36.9 Å². The topological polar surface area (TPSA) is 86.3 Å². The van der Waals surface area contributed by atoms with E-state index in [1.54, 1.807) is 37.3 Å². The highest BCUT2D eigenvalue weighted by atomic mass is 16.6. The number of nitrogens with one attached hydrogen (secondary N) is 1. The Labute approximate surface area is 174 Å². The molecule has 1 atom stereocenters. The number of amides is 3. The molecule has 2 heterocycles. The molecule has 0 unspecified atom stereocenters. The molecule has 3 amide bonds. The highest BCUT2D eigenvalue weighted by Gasteiger charge is 2.49. The fourth-order valence-electron chi connectivity index (χ4n) is 3.50. The lowest BCUT2D eigenvalue weighted by atomic mass is 9.91. The monoisotopic (exact) mass is 412 g/mol. The van der Waals surface area contributed by atoms with Crippen molar-refractivity contribution in [3.05, 3.63) is 48.0 Å². The summed E-state index contributed by atoms with van der Waals surface area (Å²) in [6.07, 6.45) is 0. The average Bonchev–Trinajstić information content (AvgIpc) is 2.98. The van der Waals surface area contributed by atoms with Gasteiger partial charge in [0.15, 0.2) is 11.5 Å². The van der Waals surface area contributed by atoms with Crippen LogP contribution < -0.4 is 24.3 Å². The third-order valence-electron chi connectivity index (χ3n) is 5.11. The Hall–Kier alpha value is -3.42. The van der Waals surface area contributed by atoms with E-state index in [-0.39, 0.29) is 19.1 Å². The summed E-state index contributed by atoms with van der Waals surface area (Å²) in [5.41, 5.74) is -0.536. The van der Waals surface area contributed by atoms with Gasteiger partial charge in [0.25, 0.3) is 5.91 Å². The summed E-state index contributed by atoms with van der Waals surface area (Å²) in [6, 6.07) is 12.0. The van der Waals surface area contributed by atoms with E-state index < -0.39 is 11.6 Å². The SMILES string of the molecule is CCOc1ccc(OCCN2C(=O)N[C@@](C)(c3ccc4c(c3)OCCO4)C2=O)cc1. The molecule has 0 bridgehead atoms. The number of urea groups is 1. The first-order chi connectivity index (χ1) is 14.5. The van der Waals surface area contributed by atoms with Gasteiger partial charge in [-0.15, -0.1) is 0 Å². The number of imide groups is 1. The second kappa shape index (κ2) is 8.14. The van der Waals surface area contributed by atoms with Crippen LogP contribution in [0.5, 0.6) is 23.0 Å². The molecular formula is C22H24N2O6. The van der Waals surface area contributed by atoms with Crippen molar-refractivity contribution >= 4 is 11.9 Å². The molecule has 30 heavy (non-hydrogen) atoms. The van der Waals surface area contributed by atoms with Crippen molar-refractivity contribution in [2.45, 2.75) is 19.4 Å². The lowest BCUT2D eigenvalue weighted by Gasteiger charge is -2.25. The minimum absolute atomic E-state index is 0.137. The predicted octanol–water partition coefficient (Wildman–Crippen LogP) is 2.70. The van der Waals surface area contributed by atoms with Crippen molar-refractivity contribution in [3.63, 3.8) is 0 Å². The van der Waals surface area contributed by atoms with Crippen molar-refractivity contribution in [1.29, 1.82) is 0 Å². The van der Waals surface area contributed by atoms with Crippen molar-refractivity contribution in [3.8, 4) is 23.0 Å². The van der Waals surface area contributed by atoms with Gasteiger partial charge in [-0.25, -0.2) is 4.79 Å². The van der Waals surface area contributed by atoms with Gasteiger partial charge in [0, 0.05) is 0 Å². The first kappa shape index (κ1) is 19.9. The predicted molar refractivity (Wildman–Crippen MR) is 108 cm³/mol. The van der Waals surface area contributed by atoms with Crippen LogP contribution in [0.25, 0.3) is 0 Å². The second-order valence-corrected chi connectivity index (χ2v) is 7.12. The van der Waals surface area contributed by atoms with Crippen LogP contribution in [0.2, 0.25) is 0 Å². The Morgan fingerprint density at radius 2 is 1.67 bits per heavy atom. The summed E-state index contributed by atoms with van der Waals surface area (Å²) in [5.74, 6) is 2.26. The molecular weight excluding hydrogens is 388 g/mol. The number of nitrogens with zero attached hydrogens (tertiary/aromatic N) is 1. The molecule has 0 saturated carbocycles. The Bertz CT molecular complexity index is 945. The zero-order valence-corrected chi connectivity index (χ0v) is 17.0. The van der Waals surface area contributed by atoms with Gasteiger partial charge < -0.3 is 24.3 Å². The summed E-state index contributed by atoms with van der Waals surface area (Å²) in [6.45, 7) is 5.45.